The molecule has 6 nitrogen and oxygen atoms in total. The Balaban J connectivity index is 2.13. The minimum Gasteiger partial charge on any atom is -0.383 e. The van der Waals surface area contributed by atoms with E-state index in [1.54, 1.807) is 13.3 Å². The van der Waals surface area contributed by atoms with Crippen LogP contribution in [0.3, 0.4) is 0 Å². The smallest absolute Gasteiger partial charge is 0.252 e. The van der Waals surface area contributed by atoms with Crippen molar-refractivity contribution in [3.63, 3.8) is 0 Å². The summed E-state index contributed by atoms with van der Waals surface area (Å²) >= 11 is 0. The molecule has 26 heavy (non-hydrogen) atoms. The summed E-state index contributed by atoms with van der Waals surface area (Å²) in [7, 11) is 1.62. The van der Waals surface area contributed by atoms with E-state index in [0.29, 0.717) is 17.8 Å². The van der Waals surface area contributed by atoms with Crippen molar-refractivity contribution < 1.29 is 9.53 Å². The molecule has 0 spiro atoms. The van der Waals surface area contributed by atoms with Crippen LogP contribution in [0.4, 0.5) is 0 Å². The van der Waals surface area contributed by atoms with E-state index in [2.05, 4.69) is 10.4 Å². The largest absolute Gasteiger partial charge is 0.383 e. The Morgan fingerprint density at radius 1 is 1.23 bits per heavy atom. The first-order chi connectivity index (χ1) is 12.5. The van der Waals surface area contributed by atoms with Crippen molar-refractivity contribution >= 4 is 16.9 Å². The molecule has 1 amide bonds. The number of methoxy groups -OCH3 is 1. The molecule has 6 heteroatoms. The van der Waals surface area contributed by atoms with Crippen LogP contribution in [0.2, 0.25) is 0 Å². The molecule has 0 aliphatic heterocycles. The van der Waals surface area contributed by atoms with Crippen molar-refractivity contribution in [1.29, 1.82) is 0 Å². The van der Waals surface area contributed by atoms with Crippen LogP contribution in [0.5, 0.6) is 0 Å². The highest BCUT2D eigenvalue weighted by Gasteiger charge is 2.19. The van der Waals surface area contributed by atoms with E-state index in [4.69, 9.17) is 9.72 Å². The van der Waals surface area contributed by atoms with Gasteiger partial charge in [-0.15, -0.1) is 0 Å². The van der Waals surface area contributed by atoms with Gasteiger partial charge in [-0.2, -0.15) is 5.10 Å². The van der Waals surface area contributed by atoms with Gasteiger partial charge in [-0.25, -0.2) is 9.67 Å². The van der Waals surface area contributed by atoms with Crippen LogP contribution >= 0.6 is 0 Å². The summed E-state index contributed by atoms with van der Waals surface area (Å²) < 4.78 is 6.96. The van der Waals surface area contributed by atoms with Crippen LogP contribution < -0.4 is 5.32 Å². The summed E-state index contributed by atoms with van der Waals surface area (Å²) in [6.07, 6.45) is 1.72. The maximum atomic E-state index is 12.9. The lowest BCUT2D eigenvalue weighted by molar-refractivity contribution is 0.0907. The van der Waals surface area contributed by atoms with Crippen LogP contribution in [0.15, 0.2) is 42.6 Å². The first kappa shape index (κ1) is 18.1. The van der Waals surface area contributed by atoms with Gasteiger partial charge in [0.2, 0.25) is 0 Å². The van der Waals surface area contributed by atoms with E-state index in [1.165, 1.54) is 0 Å². The van der Waals surface area contributed by atoms with Crippen molar-refractivity contribution in [1.82, 2.24) is 20.1 Å². The SMILES string of the molecule is COC[C@H](C)NC(=O)c1cc(-c2ccccc2)nc2c1cnn2C(C)C. The first-order valence-corrected chi connectivity index (χ1v) is 8.74. The molecule has 0 bridgehead atoms. The minimum atomic E-state index is -0.151. The Kier molecular flexibility index (Phi) is 5.32. The van der Waals surface area contributed by atoms with Gasteiger partial charge in [0.25, 0.3) is 5.91 Å². The number of fused-ring (bicyclic) bond motifs is 1. The van der Waals surface area contributed by atoms with Gasteiger partial charge in [-0.1, -0.05) is 30.3 Å². The quantitative estimate of drug-likeness (QED) is 0.738. The summed E-state index contributed by atoms with van der Waals surface area (Å²) in [5, 5.41) is 8.17. The standard InChI is InChI=1S/C20H24N4O2/c1-13(2)24-19-17(11-21-24)16(20(25)22-14(3)12-26-4)10-18(23-19)15-8-6-5-7-9-15/h5-11,13-14H,12H2,1-4H3,(H,22,25)/t14-/m0/s1. The van der Waals surface area contributed by atoms with Gasteiger partial charge in [-0.3, -0.25) is 4.79 Å². The number of ether oxygens (including phenoxy) is 1. The number of aromatic nitrogens is 3. The van der Waals surface area contributed by atoms with Crippen molar-refractivity contribution in [3.05, 3.63) is 48.2 Å². The average Bonchev–Trinajstić information content (AvgIpc) is 3.06. The Morgan fingerprint density at radius 3 is 2.62 bits per heavy atom. The molecule has 0 saturated heterocycles. The number of hydrogen-bond donors (Lipinski definition) is 1. The summed E-state index contributed by atoms with van der Waals surface area (Å²) in [6.45, 7) is 6.46. The fourth-order valence-corrected chi connectivity index (χ4v) is 2.93. The summed E-state index contributed by atoms with van der Waals surface area (Å²) in [4.78, 5) is 17.7. The third kappa shape index (κ3) is 3.60. The lowest BCUT2D eigenvalue weighted by Crippen LogP contribution is -2.35. The molecule has 2 heterocycles. The van der Waals surface area contributed by atoms with Gasteiger partial charge in [0.05, 0.1) is 29.4 Å². The van der Waals surface area contributed by atoms with E-state index in [9.17, 15) is 4.79 Å². The van der Waals surface area contributed by atoms with Crippen molar-refractivity contribution in [2.75, 3.05) is 13.7 Å². The molecule has 0 unspecified atom stereocenters. The molecular weight excluding hydrogens is 328 g/mol. The van der Waals surface area contributed by atoms with Crippen molar-refractivity contribution in [3.8, 4) is 11.3 Å². The summed E-state index contributed by atoms with van der Waals surface area (Å²) in [5.41, 5.74) is 3.00. The Hall–Kier alpha value is -2.73. The second kappa shape index (κ2) is 7.66. The van der Waals surface area contributed by atoms with E-state index >= 15 is 0 Å². The number of carbonyl (C=O) groups is 1. The second-order valence-corrected chi connectivity index (χ2v) is 6.67. The summed E-state index contributed by atoms with van der Waals surface area (Å²) in [5.74, 6) is -0.151. The minimum absolute atomic E-state index is 0.0870. The molecule has 0 aliphatic rings. The fraction of sp³-hybridized carbons (Fsp3) is 0.350. The van der Waals surface area contributed by atoms with Crippen molar-refractivity contribution in [2.24, 2.45) is 0 Å². The van der Waals surface area contributed by atoms with E-state index in [1.807, 2.05) is 61.9 Å². The average molecular weight is 352 g/mol. The highest BCUT2D eigenvalue weighted by atomic mass is 16.5. The number of hydrogen-bond acceptors (Lipinski definition) is 4. The fourth-order valence-electron chi connectivity index (χ4n) is 2.93. The Bertz CT molecular complexity index is 903. The number of rotatable bonds is 6. The van der Waals surface area contributed by atoms with E-state index in [0.717, 1.165) is 16.6 Å². The second-order valence-electron chi connectivity index (χ2n) is 6.67. The predicted octanol–water partition coefficient (Wildman–Crippen LogP) is 3.44. The third-order valence-electron chi connectivity index (χ3n) is 4.16. The molecule has 0 saturated carbocycles. The van der Waals surface area contributed by atoms with Crippen molar-refractivity contribution in [2.45, 2.75) is 32.9 Å². The first-order valence-electron chi connectivity index (χ1n) is 8.74. The highest BCUT2D eigenvalue weighted by Crippen LogP contribution is 2.26. The topological polar surface area (TPSA) is 69.0 Å². The number of pyridine rings is 1. The van der Waals surface area contributed by atoms with Gasteiger partial charge in [0.1, 0.15) is 0 Å². The van der Waals surface area contributed by atoms with Crippen LogP contribution in [-0.2, 0) is 4.74 Å². The Labute approximate surface area is 153 Å². The molecule has 2 aromatic heterocycles. The molecule has 1 atom stereocenters. The zero-order valence-corrected chi connectivity index (χ0v) is 15.6. The zero-order chi connectivity index (χ0) is 18.7. The van der Waals surface area contributed by atoms with Crippen LogP contribution in [0.25, 0.3) is 22.3 Å². The number of nitrogens with one attached hydrogen (secondary N) is 1. The van der Waals surface area contributed by atoms with E-state index < -0.39 is 0 Å². The molecule has 0 aliphatic carbocycles. The molecule has 136 valence electrons. The van der Waals surface area contributed by atoms with Crippen LogP contribution in [0, 0.1) is 0 Å². The molecular formula is C20H24N4O2. The molecule has 1 aromatic carbocycles. The number of nitrogens with zero attached hydrogens (tertiary/aromatic N) is 3. The lowest BCUT2D eigenvalue weighted by Gasteiger charge is -2.14. The predicted molar refractivity (Wildman–Crippen MR) is 102 cm³/mol. The monoisotopic (exact) mass is 352 g/mol. The molecule has 3 aromatic rings. The highest BCUT2D eigenvalue weighted by molar-refractivity contribution is 6.06. The number of benzene rings is 1. The molecule has 1 N–H and O–H groups in total. The van der Waals surface area contributed by atoms with Gasteiger partial charge >= 0.3 is 0 Å². The number of amides is 1. The van der Waals surface area contributed by atoms with E-state index in [-0.39, 0.29) is 18.0 Å². The maximum absolute atomic E-state index is 12.9. The maximum Gasteiger partial charge on any atom is 0.252 e. The van der Waals surface area contributed by atoms with Crippen LogP contribution in [0.1, 0.15) is 37.2 Å². The van der Waals surface area contributed by atoms with Gasteiger partial charge in [-0.05, 0) is 26.8 Å². The Morgan fingerprint density at radius 2 is 1.96 bits per heavy atom. The molecule has 0 radical (unpaired) electrons. The molecule has 0 fully saturated rings. The lowest BCUT2D eigenvalue weighted by atomic mass is 10.1. The summed E-state index contributed by atoms with van der Waals surface area (Å²) in [6, 6.07) is 11.7. The van der Waals surface area contributed by atoms with Gasteiger partial charge in [0.15, 0.2) is 5.65 Å². The van der Waals surface area contributed by atoms with Gasteiger partial charge < -0.3 is 10.1 Å². The molecule has 3 rings (SSSR count). The van der Waals surface area contributed by atoms with Crippen LogP contribution in [-0.4, -0.2) is 40.4 Å². The number of carbonyl (C=O) groups excluding carboxylic acids is 1. The zero-order valence-electron chi connectivity index (χ0n) is 15.6. The normalized spacial score (nSPS) is 12.5. The van der Waals surface area contributed by atoms with Gasteiger partial charge in [0, 0.05) is 24.8 Å². The third-order valence-corrected chi connectivity index (χ3v) is 4.16.